The molecule has 0 saturated heterocycles. The second kappa shape index (κ2) is 16.9. The Bertz CT molecular complexity index is 592. The van der Waals surface area contributed by atoms with Crippen molar-refractivity contribution in [2.75, 3.05) is 6.61 Å². The van der Waals surface area contributed by atoms with Crippen LogP contribution in [0, 0.1) is 0 Å². The van der Waals surface area contributed by atoms with Crippen LogP contribution >= 0.6 is 0 Å². The minimum absolute atomic E-state index is 0.0450. The van der Waals surface area contributed by atoms with Gasteiger partial charge in [0, 0.05) is 6.08 Å². The number of ether oxygens (including phenoxy) is 1. The van der Waals surface area contributed by atoms with E-state index in [2.05, 4.69) is 19.0 Å². The lowest BCUT2D eigenvalue weighted by atomic mass is 10.0. The summed E-state index contributed by atoms with van der Waals surface area (Å²) in [5.74, 6) is -0.622. The number of cyclic esters (lactones) is 1. The van der Waals surface area contributed by atoms with Crippen molar-refractivity contribution in [3.63, 3.8) is 0 Å². The fraction of sp³-hybridized carbons (Fsp3) is 0.680. The standard InChI is InChI=1S/C25H41NO4/c1-4-6-7-8-9-10-11-12-13-14-15-16-17-18-22(26-29-19-5-2)24-23(27)20-21(3)30-25(24)28/h5,20,26H,2,4,6-19H2,1,3H3. The molecule has 1 aliphatic rings. The Hall–Kier alpha value is -1.88. The van der Waals surface area contributed by atoms with Gasteiger partial charge in [-0.3, -0.25) is 15.1 Å². The van der Waals surface area contributed by atoms with Crippen molar-refractivity contribution in [2.45, 2.75) is 104 Å². The van der Waals surface area contributed by atoms with E-state index in [0.29, 0.717) is 17.9 Å². The van der Waals surface area contributed by atoms with Gasteiger partial charge in [-0.25, -0.2) is 4.79 Å². The summed E-state index contributed by atoms with van der Waals surface area (Å²) >= 11 is 0. The number of allylic oxidation sites excluding steroid dienone is 3. The van der Waals surface area contributed by atoms with Crippen LogP contribution in [0.5, 0.6) is 0 Å². The van der Waals surface area contributed by atoms with E-state index < -0.39 is 5.97 Å². The molecule has 0 atom stereocenters. The highest BCUT2D eigenvalue weighted by Gasteiger charge is 2.28. The van der Waals surface area contributed by atoms with E-state index in [1.165, 1.54) is 76.7 Å². The maximum atomic E-state index is 12.3. The molecule has 5 heteroatoms. The average Bonchev–Trinajstić information content (AvgIpc) is 2.70. The van der Waals surface area contributed by atoms with E-state index >= 15 is 0 Å². The molecule has 1 N–H and O–H groups in total. The van der Waals surface area contributed by atoms with E-state index in [1.807, 2.05) is 0 Å². The highest BCUT2D eigenvalue weighted by atomic mass is 16.6. The van der Waals surface area contributed by atoms with Crippen molar-refractivity contribution in [2.24, 2.45) is 0 Å². The summed E-state index contributed by atoms with van der Waals surface area (Å²) in [6.45, 7) is 7.74. The molecule has 0 aromatic rings. The largest absolute Gasteiger partial charge is 0.427 e. The predicted molar refractivity (Wildman–Crippen MR) is 121 cm³/mol. The molecule has 170 valence electrons. The maximum Gasteiger partial charge on any atom is 0.349 e. The minimum Gasteiger partial charge on any atom is -0.427 e. The van der Waals surface area contributed by atoms with Crippen molar-refractivity contribution in [1.29, 1.82) is 0 Å². The Morgan fingerprint density at radius 3 is 2.00 bits per heavy atom. The molecule has 0 saturated carbocycles. The van der Waals surface area contributed by atoms with Crippen LogP contribution in [0.2, 0.25) is 0 Å². The van der Waals surface area contributed by atoms with Crippen molar-refractivity contribution < 1.29 is 19.2 Å². The lowest BCUT2D eigenvalue weighted by Gasteiger charge is -2.17. The van der Waals surface area contributed by atoms with Crippen LogP contribution in [0.4, 0.5) is 0 Å². The summed E-state index contributed by atoms with van der Waals surface area (Å²) in [4.78, 5) is 29.7. The molecule has 0 radical (unpaired) electrons. The number of esters is 1. The summed E-state index contributed by atoms with van der Waals surface area (Å²) in [6, 6.07) is 0. The molecule has 1 heterocycles. The van der Waals surface area contributed by atoms with E-state index in [0.717, 1.165) is 12.8 Å². The monoisotopic (exact) mass is 419 g/mol. The predicted octanol–water partition coefficient (Wildman–Crippen LogP) is 6.46. The minimum atomic E-state index is -0.612. The second-order valence-electron chi connectivity index (χ2n) is 8.06. The van der Waals surface area contributed by atoms with Gasteiger partial charge in [0.2, 0.25) is 0 Å². The van der Waals surface area contributed by atoms with Crippen LogP contribution < -0.4 is 5.48 Å². The first-order valence-electron chi connectivity index (χ1n) is 11.8. The molecular weight excluding hydrogens is 378 g/mol. The number of nitrogens with one attached hydrogen (secondary N) is 1. The van der Waals surface area contributed by atoms with Gasteiger partial charge in [-0.15, -0.1) is 6.58 Å². The van der Waals surface area contributed by atoms with Crippen LogP contribution in [0.1, 0.15) is 104 Å². The Kier molecular flexibility index (Phi) is 14.7. The third-order valence-corrected chi connectivity index (χ3v) is 5.27. The first kappa shape index (κ1) is 26.2. The highest BCUT2D eigenvalue weighted by molar-refractivity contribution is 6.24. The van der Waals surface area contributed by atoms with Crippen LogP contribution in [0.25, 0.3) is 0 Å². The van der Waals surface area contributed by atoms with Gasteiger partial charge < -0.3 is 4.74 Å². The lowest BCUT2D eigenvalue weighted by molar-refractivity contribution is -0.137. The smallest absolute Gasteiger partial charge is 0.349 e. The molecule has 0 unspecified atom stereocenters. The van der Waals surface area contributed by atoms with Crippen molar-refractivity contribution in [3.8, 4) is 0 Å². The maximum absolute atomic E-state index is 12.3. The number of unbranched alkanes of at least 4 members (excludes halogenated alkanes) is 12. The van der Waals surface area contributed by atoms with Gasteiger partial charge in [0.15, 0.2) is 5.78 Å². The molecule has 0 fully saturated rings. The third-order valence-electron chi connectivity index (χ3n) is 5.27. The Balaban J connectivity index is 2.26. The quantitative estimate of drug-likeness (QED) is 0.0690. The van der Waals surface area contributed by atoms with Gasteiger partial charge in [0.05, 0.1) is 12.3 Å². The summed E-state index contributed by atoms with van der Waals surface area (Å²) < 4.78 is 5.10. The number of ketones is 1. The Labute approximate surface area is 182 Å². The lowest BCUT2D eigenvalue weighted by Crippen LogP contribution is -2.27. The Morgan fingerprint density at radius 2 is 1.50 bits per heavy atom. The fourth-order valence-corrected chi connectivity index (χ4v) is 3.59. The molecule has 0 aromatic heterocycles. The summed E-state index contributed by atoms with van der Waals surface area (Å²) in [7, 11) is 0. The Morgan fingerprint density at radius 1 is 0.967 bits per heavy atom. The molecule has 0 aliphatic carbocycles. The summed E-state index contributed by atoms with van der Waals surface area (Å²) in [6.07, 6.45) is 20.1. The zero-order chi connectivity index (χ0) is 22.0. The summed E-state index contributed by atoms with van der Waals surface area (Å²) in [5.41, 5.74) is 3.31. The SMILES string of the molecule is C=CCONC(CCCCCCCCCCCCCCC)=C1C(=O)C=C(C)OC1=O. The zero-order valence-corrected chi connectivity index (χ0v) is 19.1. The fourth-order valence-electron chi connectivity index (χ4n) is 3.59. The van der Waals surface area contributed by atoms with Gasteiger partial charge >= 0.3 is 5.97 Å². The van der Waals surface area contributed by atoms with Gasteiger partial charge in [-0.05, 0) is 19.8 Å². The number of hydrogen-bond acceptors (Lipinski definition) is 5. The first-order chi connectivity index (χ1) is 14.6. The van der Waals surface area contributed by atoms with Crippen molar-refractivity contribution >= 4 is 11.8 Å². The van der Waals surface area contributed by atoms with Crippen LogP contribution in [-0.4, -0.2) is 18.4 Å². The molecular formula is C25H41NO4. The molecule has 30 heavy (non-hydrogen) atoms. The van der Waals surface area contributed by atoms with Crippen molar-refractivity contribution in [1.82, 2.24) is 5.48 Å². The summed E-state index contributed by atoms with van der Waals surface area (Å²) in [5, 5.41) is 0. The zero-order valence-electron chi connectivity index (χ0n) is 19.1. The van der Waals surface area contributed by atoms with E-state index in [4.69, 9.17) is 9.57 Å². The molecule has 1 aliphatic heterocycles. The van der Waals surface area contributed by atoms with Crippen LogP contribution in [0.15, 0.2) is 35.8 Å². The average molecular weight is 420 g/mol. The van der Waals surface area contributed by atoms with E-state index in [9.17, 15) is 9.59 Å². The molecule has 1 rings (SSSR count). The molecule has 0 aromatic carbocycles. The number of rotatable bonds is 18. The molecule has 0 amide bonds. The number of carbonyl (C=O) groups excluding carboxylic acids is 2. The van der Waals surface area contributed by atoms with Gasteiger partial charge in [0.25, 0.3) is 0 Å². The molecule has 0 spiro atoms. The van der Waals surface area contributed by atoms with Gasteiger partial charge in [-0.1, -0.05) is 90.0 Å². The molecule has 0 bridgehead atoms. The first-order valence-corrected chi connectivity index (χ1v) is 11.8. The number of carbonyl (C=O) groups is 2. The topological polar surface area (TPSA) is 64.6 Å². The highest BCUT2D eigenvalue weighted by Crippen LogP contribution is 2.21. The van der Waals surface area contributed by atoms with E-state index in [1.54, 1.807) is 13.0 Å². The van der Waals surface area contributed by atoms with Gasteiger partial charge in [-0.2, -0.15) is 0 Å². The van der Waals surface area contributed by atoms with Gasteiger partial charge in [0.1, 0.15) is 11.3 Å². The van der Waals surface area contributed by atoms with E-state index in [-0.39, 0.29) is 18.0 Å². The van der Waals surface area contributed by atoms with Crippen LogP contribution in [0.3, 0.4) is 0 Å². The normalized spacial score (nSPS) is 15.6. The molecule has 5 nitrogen and oxygen atoms in total. The van der Waals surface area contributed by atoms with Crippen LogP contribution in [-0.2, 0) is 19.2 Å². The number of hydrogen-bond donors (Lipinski definition) is 1. The number of hydroxylamine groups is 1. The third kappa shape index (κ3) is 11.3. The second-order valence-corrected chi connectivity index (χ2v) is 8.06. The van der Waals surface area contributed by atoms with Crippen molar-refractivity contribution in [3.05, 3.63) is 35.8 Å².